The van der Waals surface area contributed by atoms with Crippen molar-refractivity contribution in [1.29, 1.82) is 0 Å². The van der Waals surface area contributed by atoms with Crippen molar-refractivity contribution in [2.75, 3.05) is 14.2 Å². The van der Waals surface area contributed by atoms with Crippen LogP contribution in [0.1, 0.15) is 11.1 Å². The molecule has 0 saturated heterocycles. The molecule has 21 heavy (non-hydrogen) atoms. The van der Waals surface area contributed by atoms with Crippen LogP contribution in [0.2, 0.25) is 0 Å². The molecular weight excluding hydrogens is 278 g/mol. The Balaban J connectivity index is 3.63. The molecule has 0 spiro atoms. The number of alkyl halides is 3. The molecule has 0 heterocycles. The average Bonchev–Trinajstić information content (AvgIpc) is 2.34. The lowest BCUT2D eigenvalue weighted by molar-refractivity contribution is -0.138. The van der Waals surface area contributed by atoms with Gasteiger partial charge in [0.15, 0.2) is 0 Å². The van der Waals surface area contributed by atoms with Gasteiger partial charge in [-0.05, 0) is 17.7 Å². The summed E-state index contributed by atoms with van der Waals surface area (Å²) in [6.07, 6.45) is -4.66. The molecule has 0 amide bonds. The molecule has 1 aromatic rings. The first-order chi connectivity index (χ1) is 9.36. The van der Waals surface area contributed by atoms with Crippen LogP contribution in [0.4, 0.5) is 13.2 Å². The highest BCUT2D eigenvalue weighted by Crippen LogP contribution is 2.43. The summed E-state index contributed by atoms with van der Waals surface area (Å²) in [7, 11) is 24.7. The Morgan fingerprint density at radius 1 is 0.905 bits per heavy atom. The number of benzene rings is 1. The minimum atomic E-state index is -4.66. The molecule has 0 fully saturated rings. The summed E-state index contributed by atoms with van der Waals surface area (Å²) in [4.78, 5) is 0. The summed E-state index contributed by atoms with van der Waals surface area (Å²) in [5.74, 6) is -0.776. The third-order valence-electron chi connectivity index (χ3n) is 2.99. The van der Waals surface area contributed by atoms with Crippen LogP contribution in [0.25, 0.3) is 0 Å². The van der Waals surface area contributed by atoms with Gasteiger partial charge in [-0.1, -0.05) is 10.6 Å². The minimum absolute atomic E-state index is 0.123. The molecule has 2 N–H and O–H groups in total. The maximum Gasteiger partial charge on any atom is 0.420 e. The second kappa shape index (κ2) is 5.55. The van der Waals surface area contributed by atoms with Gasteiger partial charge in [0.1, 0.15) is 17.1 Å². The lowest BCUT2D eigenvalue weighted by atomic mass is 9.32. The van der Waals surface area contributed by atoms with E-state index in [0.717, 1.165) is 20.3 Å². The molecule has 0 unspecified atom stereocenters. The third-order valence-corrected chi connectivity index (χ3v) is 2.99. The molecule has 1 rings (SSSR count). The highest BCUT2D eigenvalue weighted by Gasteiger charge is 2.40. The van der Waals surface area contributed by atoms with Gasteiger partial charge in [0.2, 0.25) is 0 Å². The zero-order valence-electron chi connectivity index (χ0n) is 11.5. The lowest BCUT2D eigenvalue weighted by Gasteiger charge is -2.42. The summed E-state index contributed by atoms with van der Waals surface area (Å²) in [6, 6.07) is 1.64. The van der Waals surface area contributed by atoms with E-state index in [1.54, 1.807) is 0 Å². The van der Waals surface area contributed by atoms with E-state index in [1.807, 2.05) is 0 Å². The first-order valence-corrected chi connectivity index (χ1v) is 5.64. The largest absolute Gasteiger partial charge is 0.496 e. The van der Waals surface area contributed by atoms with Crippen molar-refractivity contribution in [3.63, 3.8) is 0 Å². The van der Waals surface area contributed by atoms with Crippen LogP contribution >= 0.6 is 0 Å². The van der Waals surface area contributed by atoms with E-state index in [4.69, 9.17) is 46.6 Å². The van der Waals surface area contributed by atoms with E-state index in [1.165, 1.54) is 0 Å². The van der Waals surface area contributed by atoms with Crippen LogP contribution in [0.15, 0.2) is 12.1 Å². The zero-order chi connectivity index (χ0) is 16.6. The predicted molar refractivity (Wildman–Crippen MR) is 76.2 cm³/mol. The van der Waals surface area contributed by atoms with E-state index >= 15 is 0 Å². The van der Waals surface area contributed by atoms with Gasteiger partial charge < -0.3 is 15.2 Å². The Hall–Kier alpha value is -1.17. The molecule has 0 saturated carbocycles. The molecular formula is C11H10B4F3NO2. The molecule has 8 radical (unpaired) electrons. The number of methoxy groups -OCH3 is 2. The molecule has 0 aliphatic carbocycles. The van der Waals surface area contributed by atoms with Gasteiger partial charge >= 0.3 is 6.18 Å². The Labute approximate surface area is 126 Å². The van der Waals surface area contributed by atoms with Gasteiger partial charge in [-0.2, -0.15) is 13.2 Å². The monoisotopic (exact) mass is 289 g/mol. The number of ether oxygens (including phenoxy) is 2. The second-order valence-corrected chi connectivity index (χ2v) is 4.55. The molecule has 1 aromatic carbocycles. The van der Waals surface area contributed by atoms with Crippen molar-refractivity contribution in [2.45, 2.75) is 16.7 Å². The van der Waals surface area contributed by atoms with Crippen molar-refractivity contribution in [3.05, 3.63) is 23.3 Å². The molecule has 10 heteroatoms. The quantitative estimate of drug-likeness (QED) is 0.803. The van der Waals surface area contributed by atoms with Crippen LogP contribution < -0.4 is 15.2 Å². The van der Waals surface area contributed by atoms with Crippen LogP contribution in [-0.2, 0) is 11.4 Å². The highest BCUT2D eigenvalue weighted by atomic mass is 19.4. The summed E-state index contributed by atoms with van der Waals surface area (Å²) in [5.41, 5.74) is 4.29. The van der Waals surface area contributed by atoms with Gasteiger partial charge in [0.05, 0.1) is 45.6 Å². The lowest BCUT2D eigenvalue weighted by Crippen LogP contribution is -2.60. The molecule has 0 bridgehead atoms. The highest BCUT2D eigenvalue weighted by molar-refractivity contribution is 6.54. The van der Waals surface area contributed by atoms with Crippen molar-refractivity contribution >= 4 is 31.4 Å². The van der Waals surface area contributed by atoms with Crippen molar-refractivity contribution < 1.29 is 22.6 Å². The topological polar surface area (TPSA) is 44.5 Å². The fourth-order valence-corrected chi connectivity index (χ4v) is 1.68. The molecule has 0 aliphatic heterocycles. The van der Waals surface area contributed by atoms with Gasteiger partial charge in [-0.3, -0.25) is 0 Å². The first-order valence-electron chi connectivity index (χ1n) is 5.64. The SMILES string of the molecule is [B]C([B])(N)C([B])([B])c1cc(OC)c(C(F)(F)F)cc1OC. The summed E-state index contributed by atoms with van der Waals surface area (Å²) >= 11 is 0. The number of nitrogens with two attached hydrogens (primary N) is 1. The molecule has 0 aliphatic rings. The molecule has 0 atom stereocenters. The Bertz CT molecular complexity index is 529. The van der Waals surface area contributed by atoms with Crippen molar-refractivity contribution in [1.82, 2.24) is 0 Å². The molecule has 3 nitrogen and oxygen atoms in total. The second-order valence-electron chi connectivity index (χ2n) is 4.55. The average molecular weight is 288 g/mol. The minimum Gasteiger partial charge on any atom is -0.496 e. The van der Waals surface area contributed by atoms with Crippen LogP contribution in [0.3, 0.4) is 0 Å². The van der Waals surface area contributed by atoms with Crippen LogP contribution in [-0.4, -0.2) is 50.9 Å². The number of hydrogen-bond acceptors (Lipinski definition) is 3. The van der Waals surface area contributed by atoms with Gasteiger partial charge in [-0.15, -0.1) is 0 Å². The molecule has 104 valence electrons. The summed E-state index contributed by atoms with van der Waals surface area (Å²) in [6.45, 7) is 0. The van der Waals surface area contributed by atoms with E-state index < -0.39 is 28.0 Å². The molecule has 0 aromatic heterocycles. The summed E-state index contributed by atoms with van der Waals surface area (Å²) < 4.78 is 48.4. The standard InChI is InChI=1S/C11H10B4F3NO2/c1-20-7-4-6(10(16,17)18)8(21-2)3-5(7)9(12,13)11(14,15)19/h3-4H,19H2,1-2H3. The number of rotatable bonds is 4. The Kier molecular flexibility index (Phi) is 4.73. The first kappa shape index (κ1) is 17.9. The van der Waals surface area contributed by atoms with E-state index in [0.29, 0.717) is 6.07 Å². The van der Waals surface area contributed by atoms with E-state index in [2.05, 4.69) is 0 Å². The summed E-state index contributed by atoms with van der Waals surface area (Å²) in [5, 5.41) is -4.17. The van der Waals surface area contributed by atoms with E-state index in [-0.39, 0.29) is 11.3 Å². The van der Waals surface area contributed by atoms with Crippen molar-refractivity contribution in [3.8, 4) is 11.5 Å². The van der Waals surface area contributed by atoms with Gasteiger partial charge in [-0.25, -0.2) is 0 Å². The van der Waals surface area contributed by atoms with Crippen LogP contribution in [0.5, 0.6) is 11.5 Å². The maximum absolute atomic E-state index is 12.9. The number of hydrogen-bond donors (Lipinski definition) is 1. The fraction of sp³-hybridized carbons (Fsp3) is 0.455. The van der Waals surface area contributed by atoms with Crippen LogP contribution in [0, 0.1) is 0 Å². The normalized spacial score (nSPS) is 13.0. The Morgan fingerprint density at radius 2 is 1.29 bits per heavy atom. The zero-order valence-corrected chi connectivity index (χ0v) is 11.5. The van der Waals surface area contributed by atoms with E-state index in [9.17, 15) is 13.2 Å². The third kappa shape index (κ3) is 3.36. The van der Waals surface area contributed by atoms with Gasteiger partial charge in [0, 0.05) is 0 Å². The van der Waals surface area contributed by atoms with Crippen molar-refractivity contribution in [2.24, 2.45) is 5.73 Å². The Morgan fingerprint density at radius 3 is 1.62 bits per heavy atom. The maximum atomic E-state index is 12.9. The smallest absolute Gasteiger partial charge is 0.420 e. The number of halogens is 3. The predicted octanol–water partition coefficient (Wildman–Crippen LogP) is 0.162. The fourth-order valence-electron chi connectivity index (χ4n) is 1.68. The van der Waals surface area contributed by atoms with Gasteiger partial charge in [0.25, 0.3) is 0 Å².